The van der Waals surface area contributed by atoms with Crippen LogP contribution in [-0.4, -0.2) is 0 Å². The Bertz CT molecular complexity index is 7.64. The van der Waals surface area contributed by atoms with Gasteiger partial charge in [-0.15, -0.1) is 0 Å². The molecule has 0 aliphatic carbocycles. The van der Waals surface area contributed by atoms with E-state index in [0.29, 0.717) is 0 Å². The Labute approximate surface area is 150 Å². The van der Waals surface area contributed by atoms with Gasteiger partial charge in [-0.2, -0.15) is 0 Å². The number of hydrogen-bond acceptors (Lipinski definition) is 0. The summed E-state index contributed by atoms with van der Waals surface area (Å²) in [6, 6.07) is 0. The quantitative estimate of drug-likeness (QED) is 0.319. The van der Waals surface area contributed by atoms with Gasteiger partial charge in [0, 0.05) is 153 Å². The van der Waals surface area contributed by atoms with Gasteiger partial charge in [-0.1, -0.05) is 0 Å². The van der Waals surface area contributed by atoms with Crippen LogP contribution in [0.4, 0.5) is 0 Å². The first-order valence-electron chi connectivity index (χ1n) is 0. The molecule has 0 atom stereocenters. The summed E-state index contributed by atoms with van der Waals surface area (Å²) in [5.41, 5.74) is 0. The molecule has 8 heteroatoms. The fraction of sp³-hybridized carbons (Fsp3) is 0. The Morgan fingerprint density at radius 2 is 0.250 bits per heavy atom. The van der Waals surface area contributed by atoms with Crippen LogP contribution in [0.25, 0.3) is 0 Å². The van der Waals surface area contributed by atoms with Gasteiger partial charge in [0.2, 0.25) is 0 Å². The molecule has 8 heavy (non-hydrogen) atoms. The van der Waals surface area contributed by atoms with E-state index in [2.05, 4.69) is 0 Å². The van der Waals surface area contributed by atoms with Crippen molar-refractivity contribution in [2.75, 3.05) is 0 Å². The fourth-order valence-corrected chi connectivity index (χ4v) is 0. The van der Waals surface area contributed by atoms with E-state index in [0.717, 1.165) is 0 Å². The maximum Gasteiger partial charge on any atom is 0 e. The molecule has 0 saturated heterocycles. The summed E-state index contributed by atoms with van der Waals surface area (Å²) in [6.07, 6.45) is 0. The molecule has 0 aromatic heterocycles. The molecule has 0 saturated carbocycles. The first-order chi connectivity index (χ1) is 0. The van der Waals surface area contributed by atoms with Crippen molar-refractivity contribution in [3.05, 3.63) is 0 Å². The van der Waals surface area contributed by atoms with Crippen LogP contribution in [0.1, 0.15) is 0 Å². The van der Waals surface area contributed by atoms with Gasteiger partial charge in [0.1, 0.15) is 0 Å². The van der Waals surface area contributed by atoms with Gasteiger partial charge in [0.05, 0.1) is 0 Å². The van der Waals surface area contributed by atoms with Crippen LogP contribution in [0.15, 0.2) is 0 Å². The summed E-state index contributed by atoms with van der Waals surface area (Å²) in [5.74, 6) is 0. The van der Waals surface area contributed by atoms with E-state index in [9.17, 15) is 0 Å². The van der Waals surface area contributed by atoms with Crippen molar-refractivity contribution < 1.29 is 153 Å². The molecule has 0 aromatic carbocycles. The molecule has 0 unspecified atom stereocenters. The number of hydrogen-bond donors (Lipinski definition) is 0. The first-order valence-corrected chi connectivity index (χ1v) is 0. The Balaban J connectivity index is 0. The van der Waals surface area contributed by atoms with Gasteiger partial charge in [-0.05, 0) is 0 Å². The standard InChI is InChI=1S/5Rh.3V. The molecule has 0 aliphatic rings. The van der Waals surface area contributed by atoms with Gasteiger partial charge < -0.3 is 0 Å². The van der Waals surface area contributed by atoms with E-state index in [-0.39, 0.29) is 153 Å². The predicted octanol–water partition coefficient (Wildman–Crippen LogP) is -0.0200. The molecule has 0 fully saturated rings. The second kappa shape index (κ2) is 59.1. The zero-order chi connectivity index (χ0) is 0. The maximum atomic E-state index is 0. The van der Waals surface area contributed by atoms with Crippen LogP contribution >= 0.6 is 0 Å². The van der Waals surface area contributed by atoms with E-state index in [1.807, 2.05) is 0 Å². The summed E-state index contributed by atoms with van der Waals surface area (Å²) < 4.78 is 0. The normalized spacial score (nSPS) is 0. The first kappa shape index (κ1) is 76.5. The average Bonchev–Trinajstić information content (AvgIpc) is 0. The van der Waals surface area contributed by atoms with E-state index in [1.165, 1.54) is 0 Å². The second-order valence-corrected chi connectivity index (χ2v) is 0. The molecule has 0 aromatic rings. The smallest absolute Gasteiger partial charge is 0 e. The summed E-state index contributed by atoms with van der Waals surface area (Å²) >= 11 is 0. The molecule has 0 N–H and O–H groups in total. The molecule has 0 rings (SSSR count). The van der Waals surface area contributed by atoms with Crippen molar-refractivity contribution in [2.45, 2.75) is 0 Å². The zero-order valence-corrected chi connectivity index (χ0v) is 15.4. The minimum Gasteiger partial charge on any atom is 0 e. The predicted molar refractivity (Wildman–Crippen MR) is 0 cm³/mol. The molecule has 0 bridgehead atoms. The van der Waals surface area contributed by atoms with Crippen LogP contribution in [0, 0.1) is 0 Å². The summed E-state index contributed by atoms with van der Waals surface area (Å²) in [4.78, 5) is 0. The van der Waals surface area contributed by atoms with E-state index >= 15 is 0 Å². The third kappa shape index (κ3) is 44.6. The minimum atomic E-state index is 0. The van der Waals surface area contributed by atoms with Crippen molar-refractivity contribution in [3.8, 4) is 0 Å². The van der Waals surface area contributed by atoms with E-state index in [4.69, 9.17) is 0 Å². The van der Waals surface area contributed by atoms with Gasteiger partial charge in [0.15, 0.2) is 0 Å². The summed E-state index contributed by atoms with van der Waals surface area (Å²) in [7, 11) is 0. The minimum absolute atomic E-state index is 0. The largest absolute Gasteiger partial charge is 0 e. The van der Waals surface area contributed by atoms with Crippen molar-refractivity contribution >= 4 is 0 Å². The van der Waals surface area contributed by atoms with Crippen LogP contribution in [0.3, 0.4) is 0 Å². The zero-order valence-electron chi connectivity index (χ0n) is 3.01. The van der Waals surface area contributed by atoms with Crippen LogP contribution in [0.5, 0.6) is 0 Å². The van der Waals surface area contributed by atoms with Crippen molar-refractivity contribution in [3.63, 3.8) is 0 Å². The van der Waals surface area contributed by atoms with Gasteiger partial charge in [0.25, 0.3) is 0 Å². The Kier molecular flexibility index (Phi) is 565. The molecular formula is Rh5V3. The summed E-state index contributed by atoms with van der Waals surface area (Å²) in [5, 5.41) is 0. The van der Waals surface area contributed by atoms with E-state index < -0.39 is 0 Å². The van der Waals surface area contributed by atoms with E-state index in [1.54, 1.807) is 0 Å². The van der Waals surface area contributed by atoms with Crippen LogP contribution in [-0.2, 0) is 153 Å². The second-order valence-electron chi connectivity index (χ2n) is 0. The average molecular weight is 667 g/mol. The molecule has 0 spiro atoms. The van der Waals surface area contributed by atoms with Gasteiger partial charge in [-0.25, -0.2) is 0 Å². The monoisotopic (exact) mass is 667 g/mol. The van der Waals surface area contributed by atoms with Gasteiger partial charge >= 0.3 is 0 Å². The van der Waals surface area contributed by atoms with Crippen molar-refractivity contribution in [1.82, 2.24) is 0 Å². The van der Waals surface area contributed by atoms with Crippen LogP contribution in [0.2, 0.25) is 0 Å². The topological polar surface area (TPSA) is 0 Å². The SMILES string of the molecule is [Rh].[Rh].[Rh].[Rh].[Rh].[V].[V].[V]. The molecule has 0 heterocycles. The van der Waals surface area contributed by atoms with Gasteiger partial charge in [-0.3, -0.25) is 0 Å². The molecule has 0 aliphatic heterocycles. The third-order valence-corrected chi connectivity index (χ3v) is 0. The molecule has 0 amide bonds. The summed E-state index contributed by atoms with van der Waals surface area (Å²) in [6.45, 7) is 0. The Hall–Kier alpha value is 4.87. The molecule has 0 nitrogen and oxygen atoms in total. The third-order valence-electron chi connectivity index (χ3n) is 0. The fourth-order valence-electron chi connectivity index (χ4n) is 0. The number of rotatable bonds is 0. The van der Waals surface area contributed by atoms with Crippen molar-refractivity contribution in [1.29, 1.82) is 0 Å². The molecule has 8 radical (unpaired) electrons. The van der Waals surface area contributed by atoms with Crippen LogP contribution < -0.4 is 0 Å². The maximum absolute atomic E-state index is 0. The Morgan fingerprint density at radius 1 is 0.250 bits per heavy atom. The Morgan fingerprint density at radius 3 is 0.250 bits per heavy atom. The molecule has 60 valence electrons. The molecular weight excluding hydrogens is 667 g/mol. The van der Waals surface area contributed by atoms with Crippen molar-refractivity contribution in [2.24, 2.45) is 0 Å².